The minimum absolute atomic E-state index is 0.134. The molecule has 145 heavy (non-hydrogen) atoms. The monoisotopic (exact) mass is 2160 g/mol. The van der Waals surface area contributed by atoms with Crippen LogP contribution in [0, 0.1) is 62.4 Å². The molecule has 7 aromatic heterocycles. The zero-order valence-electron chi connectivity index (χ0n) is 82.1. The zero-order chi connectivity index (χ0) is 106. The van der Waals surface area contributed by atoms with Gasteiger partial charge in [0.25, 0.3) is 17.7 Å². The first-order valence-electron chi connectivity index (χ1n) is 45.5. The molecule has 5 saturated heterocycles. The number of carbonyl (C=O) groups excluding carboxylic acids is 3. The van der Waals surface area contributed by atoms with E-state index in [1.165, 1.54) is 36.5 Å². The summed E-state index contributed by atoms with van der Waals surface area (Å²) in [5, 5.41) is 35.0. The van der Waals surface area contributed by atoms with Gasteiger partial charge in [-0.3, -0.25) is 34.3 Å². The molecule has 4 aromatic carbocycles. The number of nitrogens with one attached hydrogen (secondary N) is 3. The number of aromatic nitrogens is 7. The van der Waals surface area contributed by atoms with Crippen LogP contribution in [0.2, 0.25) is 10.3 Å². The van der Waals surface area contributed by atoms with Gasteiger partial charge < -0.3 is 84.5 Å². The molecule has 0 aliphatic carbocycles. The van der Waals surface area contributed by atoms with Crippen molar-refractivity contribution >= 4 is 135 Å². The second-order valence-corrected chi connectivity index (χ2v) is 37.8. The highest BCUT2D eigenvalue weighted by atomic mass is 127. The molecule has 42 heteroatoms. The van der Waals surface area contributed by atoms with Crippen LogP contribution in [-0.2, 0) is 51.4 Å². The maximum absolute atomic E-state index is 13.0. The highest BCUT2D eigenvalue weighted by molar-refractivity contribution is 14.1. The van der Waals surface area contributed by atoms with E-state index in [0.29, 0.717) is 91.5 Å². The number of benzene rings is 4. The van der Waals surface area contributed by atoms with E-state index in [1.54, 1.807) is 75.4 Å². The molecule has 2 atom stereocenters. The zero-order valence-corrected chi connectivity index (χ0v) is 85.8. The van der Waals surface area contributed by atoms with Crippen molar-refractivity contribution < 1.29 is 107 Å². The number of pyridine rings is 7. The quantitative estimate of drug-likeness (QED) is 0.0133. The number of carboxylic acid groups (broad SMARTS) is 1. The SMILES string of the molecule is C#C[C@@H](C)O.Cc1cc(C(=O)O)ccn1.Cc1ccc(N)cc1B1OC(C)(C)C(C)(C)O1.Cc1ccc(NC(=O)c2ccnc(C(F)(F)F)c2)cc1-c1cc(C#C[C@@H](C)O)nc(N2CCOCC2)c1.Cc1ccc(NC(=O)c2ccnc(C(F)(F)F)c2)cc1-c1cc(Cl)nc(N2CCOCC2)c1.Cc1ccc(NC(=O)c2ccnc(C(F)(F)F)c2)cc1B1OC(C)(C)C(C)(C)O1.Clc1cc(I)cc(N2CCOCC2)n1. The molecular formula is C103H110B2Cl2F9IN14O14. The number of aromatic carboxylic acids is 1. The molecule has 16 rings (SSSR count). The second-order valence-electron chi connectivity index (χ2n) is 35.7. The highest BCUT2D eigenvalue weighted by Crippen LogP contribution is 2.41. The van der Waals surface area contributed by atoms with E-state index in [0.717, 1.165) is 145 Å². The lowest BCUT2D eigenvalue weighted by atomic mass is 9.76. The van der Waals surface area contributed by atoms with Gasteiger partial charge in [0.05, 0.1) is 67.6 Å². The summed E-state index contributed by atoms with van der Waals surface area (Å²) < 4.78 is 158. The first-order chi connectivity index (χ1) is 68.0. The number of rotatable bonds is 14. The van der Waals surface area contributed by atoms with Crippen molar-refractivity contribution in [2.75, 3.05) is 115 Å². The Morgan fingerprint density at radius 2 is 0.786 bits per heavy atom. The Labute approximate surface area is 859 Å². The lowest BCUT2D eigenvalue weighted by Crippen LogP contribution is -2.41. The van der Waals surface area contributed by atoms with Crippen molar-refractivity contribution in [3.63, 3.8) is 0 Å². The fourth-order valence-corrected chi connectivity index (χ4v) is 15.3. The van der Waals surface area contributed by atoms with E-state index in [1.807, 2.05) is 110 Å². The van der Waals surface area contributed by atoms with Gasteiger partial charge in [-0.15, -0.1) is 6.42 Å². The molecule has 5 aliphatic heterocycles. The van der Waals surface area contributed by atoms with E-state index in [-0.39, 0.29) is 40.6 Å². The van der Waals surface area contributed by atoms with Gasteiger partial charge in [0, 0.05) is 113 Å². The van der Waals surface area contributed by atoms with Gasteiger partial charge in [0.1, 0.15) is 62.7 Å². The van der Waals surface area contributed by atoms with Crippen LogP contribution in [-0.4, -0.2) is 202 Å². The van der Waals surface area contributed by atoms with Crippen molar-refractivity contribution in [3.05, 3.63) is 269 Å². The van der Waals surface area contributed by atoms with Crippen molar-refractivity contribution in [3.8, 4) is 46.4 Å². The number of carbonyl (C=O) groups is 4. The van der Waals surface area contributed by atoms with Crippen molar-refractivity contribution in [1.29, 1.82) is 0 Å². The number of anilines is 7. The number of hydrogen-bond acceptors (Lipinski definition) is 24. The molecule has 0 saturated carbocycles. The third-order valence-electron chi connectivity index (χ3n) is 23.5. The van der Waals surface area contributed by atoms with E-state index in [2.05, 4.69) is 140 Å². The molecular weight excluding hydrogens is 2050 g/mol. The number of nitrogen functional groups attached to an aromatic ring is 1. The number of aliphatic hydroxyl groups is 2. The molecule has 5 aliphatic rings. The minimum Gasteiger partial charge on any atom is -0.478 e. The molecule has 0 unspecified atom stereocenters. The second kappa shape index (κ2) is 50.1. The van der Waals surface area contributed by atoms with Gasteiger partial charge in [-0.25, -0.2) is 19.7 Å². The maximum atomic E-state index is 13.0. The highest BCUT2D eigenvalue weighted by Gasteiger charge is 2.54. The molecule has 3 amide bonds. The average molecular weight is 2160 g/mol. The van der Waals surface area contributed by atoms with Crippen LogP contribution in [0.5, 0.6) is 0 Å². The van der Waals surface area contributed by atoms with Crippen LogP contribution in [0.25, 0.3) is 22.3 Å². The average Bonchev–Trinajstić information content (AvgIpc) is 1.56. The predicted octanol–water partition coefficient (Wildman–Crippen LogP) is 18.6. The van der Waals surface area contributed by atoms with Gasteiger partial charge >= 0.3 is 38.7 Å². The Hall–Kier alpha value is -12.4. The molecule has 5 fully saturated rings. The van der Waals surface area contributed by atoms with Gasteiger partial charge in [0.2, 0.25) is 0 Å². The fourth-order valence-electron chi connectivity index (χ4n) is 14.2. The summed E-state index contributed by atoms with van der Waals surface area (Å²) in [7, 11) is -0.946. The van der Waals surface area contributed by atoms with E-state index in [4.69, 9.17) is 72.0 Å². The number of ether oxygens (including phenoxy) is 3. The molecule has 11 aromatic rings. The maximum Gasteiger partial charge on any atom is 0.495 e. The molecule has 8 N–H and O–H groups in total. The molecule has 0 radical (unpaired) electrons. The molecule has 0 bridgehead atoms. The predicted molar refractivity (Wildman–Crippen MR) is 550 cm³/mol. The van der Waals surface area contributed by atoms with Crippen molar-refractivity contribution in [1.82, 2.24) is 34.9 Å². The van der Waals surface area contributed by atoms with Crippen LogP contribution >= 0.6 is 45.8 Å². The van der Waals surface area contributed by atoms with E-state index >= 15 is 0 Å². The third kappa shape index (κ3) is 33.0. The normalized spacial score (nSPS) is 15.8. The summed E-state index contributed by atoms with van der Waals surface area (Å²) in [6.07, 6.45) is -6.27. The lowest BCUT2D eigenvalue weighted by molar-refractivity contribution is -0.142. The largest absolute Gasteiger partial charge is 0.495 e. The lowest BCUT2D eigenvalue weighted by Gasteiger charge is -2.32. The van der Waals surface area contributed by atoms with E-state index in [9.17, 15) is 63.8 Å². The fraction of sp³-hybridized carbons (Fsp3) is 0.350. The van der Waals surface area contributed by atoms with Gasteiger partial charge in [-0.05, 0) is 310 Å². The Kier molecular flexibility index (Phi) is 39.6. The van der Waals surface area contributed by atoms with Gasteiger partial charge in [-0.1, -0.05) is 70.4 Å². The summed E-state index contributed by atoms with van der Waals surface area (Å²) in [6, 6.07) is 41.6. The molecule has 28 nitrogen and oxygen atoms in total. The van der Waals surface area contributed by atoms with Crippen LogP contribution in [0.4, 0.5) is 79.7 Å². The molecule has 0 spiro atoms. The number of nitrogens with zero attached hydrogens (tertiary/aromatic N) is 10. The third-order valence-corrected chi connectivity index (χ3v) is 24.6. The number of halogens is 12. The van der Waals surface area contributed by atoms with Gasteiger partial charge in [0.15, 0.2) is 0 Å². The topological polar surface area (TPSA) is 356 Å². The number of carboxylic acids is 1. The summed E-state index contributed by atoms with van der Waals surface area (Å²) in [5.74, 6) is 7.16. The number of aliphatic hydroxyl groups excluding tert-OH is 2. The Morgan fingerprint density at radius 1 is 0.448 bits per heavy atom. The number of hydrogen-bond donors (Lipinski definition) is 7. The smallest absolute Gasteiger partial charge is 0.478 e. The molecule has 12 heterocycles. The Balaban J connectivity index is 0.000000184. The van der Waals surface area contributed by atoms with Crippen molar-refractivity contribution in [2.24, 2.45) is 0 Å². The summed E-state index contributed by atoms with van der Waals surface area (Å²) in [5.41, 5.74) is 12.7. The van der Waals surface area contributed by atoms with Crippen molar-refractivity contribution in [2.45, 2.75) is 157 Å². The van der Waals surface area contributed by atoms with Crippen LogP contribution in [0.15, 0.2) is 183 Å². The number of amides is 3. The summed E-state index contributed by atoms with van der Waals surface area (Å²) in [4.78, 5) is 81.5. The van der Waals surface area contributed by atoms with Crippen LogP contribution in [0.3, 0.4) is 0 Å². The van der Waals surface area contributed by atoms with E-state index < -0.39 is 89.8 Å². The number of terminal acetylenes is 1. The summed E-state index contributed by atoms with van der Waals surface area (Å²) in [6.45, 7) is 37.0. The first kappa shape index (κ1) is 115. The first-order valence-corrected chi connectivity index (χ1v) is 47.3. The molecule has 766 valence electrons. The summed E-state index contributed by atoms with van der Waals surface area (Å²) >= 11 is 14.4. The Morgan fingerprint density at radius 3 is 1.14 bits per heavy atom. The minimum atomic E-state index is -4.65. The standard InChI is InChI=1S/C27H25F3N4O3.C23H20ClF3N4O2.C20H22BF3N2O3.C13H20BNO2.C9H10ClIN2O.C7H7NO2.C4H6O/c1-17-3-5-22(33-26(36)19-7-8-31-24(14-19)27(28,29)30)16-23(17)20-13-21(6-4-18(2)35)32-25(15-20)34-9-11-37-12-10-34;1-14-2-3-17(29-22(32)15-4-5-28-19(10-15)23(25,26)27)13-18(14)16-11-20(24)30-21(12-16)31-6-8-33-9-7-31;1-12-6-7-14(11-15(12)21-28-18(2,3)19(4,5)29-21)26-17(27)13-8-9-25-16(10-13)20(22,23)24;1-9-6-7-10(15)8-11(9)14-16-12(2,3)13(4,5)17-14;10-8-5-7(11)6-9(12-8)13-1-3-14-4-2-13;1-5-4-6(7(9)10)2-3-8-5;1-3-4(2)5/h3,5,7-8,13-16,18,35H,9-12H2,1-2H3,(H,33,36);2-5,10-13H,6-9H2,1H3,(H,29,32);6-11H,1-5H3,(H,26,27);6-8H,15H2,1-5H3;5-6H,1-4H2;2-4H,1H3,(H,9,10);1,4-5H,2H3/t18-;;;;;;4-/m1.....1/s1. The number of morpholine rings is 3. The number of alkyl halides is 9. The Bertz CT molecular complexity index is 6460. The van der Waals surface area contributed by atoms with Gasteiger partial charge in [-0.2, -0.15) is 39.5 Å². The van der Waals surface area contributed by atoms with Crippen LogP contribution in [0.1, 0.15) is 161 Å². The number of aryl methyl sites for hydroxylation is 5. The number of nitrogens with two attached hydrogens (primary N) is 1. The van der Waals surface area contributed by atoms with Crippen LogP contribution < -0.4 is 47.3 Å².